The molecule has 1 aromatic rings. The molecule has 0 radical (unpaired) electrons. The van der Waals surface area contributed by atoms with Crippen molar-refractivity contribution in [1.82, 2.24) is 15.1 Å². The number of hydrogen-bond acceptors (Lipinski definition) is 3. The largest absolute Gasteiger partial charge is 0.349 e. The monoisotopic (exact) mass is 250 g/mol. The Morgan fingerprint density at radius 1 is 1.72 bits per heavy atom. The summed E-state index contributed by atoms with van der Waals surface area (Å²) in [6.45, 7) is 2.61. The number of rotatable bonds is 3. The topological polar surface area (TPSA) is 72.9 Å². The molecule has 0 aromatic carbocycles. The van der Waals surface area contributed by atoms with Crippen LogP contribution in [0.5, 0.6) is 0 Å². The standard InChI is InChI=1S/C13H22N4O/c1-10-4-3-6-13(14,8-10)12(18)15-9-11-5-7-17(2)16-11/h5,7,10H,3-4,6,8-9,14H2,1-2H3,(H,15,18). The molecule has 0 spiro atoms. The fraction of sp³-hybridized carbons (Fsp3) is 0.692. The highest BCUT2D eigenvalue weighted by Crippen LogP contribution is 2.30. The van der Waals surface area contributed by atoms with Crippen molar-refractivity contribution >= 4 is 5.91 Å². The third kappa shape index (κ3) is 2.90. The van der Waals surface area contributed by atoms with E-state index < -0.39 is 5.54 Å². The van der Waals surface area contributed by atoms with Crippen LogP contribution in [0.4, 0.5) is 0 Å². The van der Waals surface area contributed by atoms with Gasteiger partial charge in [-0.25, -0.2) is 0 Å². The summed E-state index contributed by atoms with van der Waals surface area (Å²) in [6.07, 6.45) is 5.63. The highest BCUT2D eigenvalue weighted by molar-refractivity contribution is 5.86. The molecular weight excluding hydrogens is 228 g/mol. The fourth-order valence-corrected chi connectivity index (χ4v) is 2.70. The Hall–Kier alpha value is -1.36. The first-order valence-corrected chi connectivity index (χ1v) is 6.55. The number of carbonyl (C=O) groups is 1. The van der Waals surface area contributed by atoms with Gasteiger partial charge in [0, 0.05) is 13.2 Å². The van der Waals surface area contributed by atoms with E-state index in [1.807, 2.05) is 19.3 Å². The maximum absolute atomic E-state index is 12.2. The van der Waals surface area contributed by atoms with Crippen LogP contribution in [0.15, 0.2) is 12.3 Å². The molecule has 1 saturated carbocycles. The fourth-order valence-electron chi connectivity index (χ4n) is 2.70. The molecule has 2 rings (SSSR count). The van der Waals surface area contributed by atoms with Crippen LogP contribution in [0.1, 0.15) is 38.3 Å². The van der Waals surface area contributed by atoms with Crippen LogP contribution in [0.3, 0.4) is 0 Å². The third-order valence-corrected chi connectivity index (χ3v) is 3.68. The number of aryl methyl sites for hydroxylation is 1. The maximum Gasteiger partial charge on any atom is 0.240 e. The molecule has 100 valence electrons. The van der Waals surface area contributed by atoms with E-state index in [9.17, 15) is 4.79 Å². The molecule has 1 heterocycles. The Labute approximate surface area is 108 Å². The summed E-state index contributed by atoms with van der Waals surface area (Å²) in [5, 5.41) is 7.13. The molecular formula is C13H22N4O. The predicted octanol–water partition coefficient (Wildman–Crippen LogP) is 0.944. The first kappa shape index (κ1) is 13.1. The second kappa shape index (κ2) is 5.10. The summed E-state index contributed by atoms with van der Waals surface area (Å²) in [7, 11) is 1.86. The van der Waals surface area contributed by atoms with Crippen LogP contribution >= 0.6 is 0 Å². The average Bonchev–Trinajstić information content (AvgIpc) is 2.71. The van der Waals surface area contributed by atoms with Gasteiger partial charge in [-0.15, -0.1) is 0 Å². The first-order chi connectivity index (χ1) is 8.49. The Bertz CT molecular complexity index is 428. The Kier molecular flexibility index (Phi) is 3.71. The SMILES string of the molecule is CC1CCCC(N)(C(=O)NCc2ccn(C)n2)C1. The zero-order valence-corrected chi connectivity index (χ0v) is 11.1. The lowest BCUT2D eigenvalue weighted by molar-refractivity contribution is -0.128. The summed E-state index contributed by atoms with van der Waals surface area (Å²) in [4.78, 5) is 12.2. The predicted molar refractivity (Wildman–Crippen MR) is 69.6 cm³/mol. The summed E-state index contributed by atoms with van der Waals surface area (Å²) >= 11 is 0. The lowest BCUT2D eigenvalue weighted by Gasteiger charge is -2.35. The van der Waals surface area contributed by atoms with E-state index in [1.54, 1.807) is 4.68 Å². The minimum absolute atomic E-state index is 0.0419. The normalized spacial score (nSPS) is 28.1. The van der Waals surface area contributed by atoms with E-state index in [-0.39, 0.29) is 5.91 Å². The highest BCUT2D eigenvalue weighted by Gasteiger charge is 2.37. The van der Waals surface area contributed by atoms with Gasteiger partial charge in [0.2, 0.25) is 5.91 Å². The Balaban J connectivity index is 1.91. The lowest BCUT2D eigenvalue weighted by atomic mass is 9.76. The van der Waals surface area contributed by atoms with E-state index in [4.69, 9.17) is 5.73 Å². The van der Waals surface area contributed by atoms with E-state index in [0.29, 0.717) is 12.5 Å². The second-order valence-corrected chi connectivity index (χ2v) is 5.52. The van der Waals surface area contributed by atoms with E-state index in [2.05, 4.69) is 17.3 Å². The van der Waals surface area contributed by atoms with Crippen LogP contribution < -0.4 is 11.1 Å². The molecule has 1 aliphatic carbocycles. The number of carbonyl (C=O) groups excluding carboxylic acids is 1. The van der Waals surface area contributed by atoms with Crippen molar-refractivity contribution in [3.63, 3.8) is 0 Å². The molecule has 0 bridgehead atoms. The van der Waals surface area contributed by atoms with Crippen LogP contribution in [-0.4, -0.2) is 21.2 Å². The van der Waals surface area contributed by atoms with Crippen molar-refractivity contribution in [3.05, 3.63) is 18.0 Å². The molecule has 18 heavy (non-hydrogen) atoms. The van der Waals surface area contributed by atoms with Crippen molar-refractivity contribution < 1.29 is 4.79 Å². The molecule has 5 nitrogen and oxygen atoms in total. The third-order valence-electron chi connectivity index (χ3n) is 3.68. The van der Waals surface area contributed by atoms with Gasteiger partial charge in [0.1, 0.15) is 0 Å². The van der Waals surface area contributed by atoms with Crippen molar-refractivity contribution in [1.29, 1.82) is 0 Å². The van der Waals surface area contributed by atoms with Gasteiger partial charge >= 0.3 is 0 Å². The van der Waals surface area contributed by atoms with Gasteiger partial charge in [0.15, 0.2) is 0 Å². The van der Waals surface area contributed by atoms with Crippen LogP contribution in [0, 0.1) is 5.92 Å². The number of nitrogens with one attached hydrogen (secondary N) is 1. The Morgan fingerprint density at radius 2 is 2.50 bits per heavy atom. The van der Waals surface area contributed by atoms with Gasteiger partial charge in [-0.2, -0.15) is 5.10 Å². The Morgan fingerprint density at radius 3 is 3.11 bits per heavy atom. The zero-order chi connectivity index (χ0) is 13.2. The molecule has 0 saturated heterocycles. The molecule has 0 aliphatic heterocycles. The number of nitrogens with two attached hydrogens (primary N) is 1. The lowest BCUT2D eigenvalue weighted by Crippen LogP contribution is -2.56. The van der Waals surface area contributed by atoms with E-state index in [0.717, 1.165) is 25.0 Å². The second-order valence-electron chi connectivity index (χ2n) is 5.52. The summed E-state index contributed by atoms with van der Waals surface area (Å²) < 4.78 is 1.72. The average molecular weight is 250 g/mol. The van der Waals surface area contributed by atoms with Crippen molar-refractivity contribution in [2.45, 2.75) is 44.7 Å². The molecule has 1 aliphatic rings. The zero-order valence-electron chi connectivity index (χ0n) is 11.1. The number of hydrogen-bond donors (Lipinski definition) is 2. The van der Waals surface area contributed by atoms with Gasteiger partial charge in [0.25, 0.3) is 0 Å². The number of amides is 1. The summed E-state index contributed by atoms with van der Waals surface area (Å²) in [5.41, 5.74) is 6.40. The summed E-state index contributed by atoms with van der Waals surface area (Å²) in [5.74, 6) is 0.490. The highest BCUT2D eigenvalue weighted by atomic mass is 16.2. The van der Waals surface area contributed by atoms with Gasteiger partial charge in [-0.3, -0.25) is 9.48 Å². The van der Waals surface area contributed by atoms with E-state index >= 15 is 0 Å². The van der Waals surface area contributed by atoms with Crippen molar-refractivity contribution in [2.75, 3.05) is 0 Å². The van der Waals surface area contributed by atoms with Crippen LogP contribution in [-0.2, 0) is 18.4 Å². The first-order valence-electron chi connectivity index (χ1n) is 6.55. The maximum atomic E-state index is 12.2. The van der Waals surface area contributed by atoms with Gasteiger partial charge in [-0.05, 0) is 24.8 Å². The van der Waals surface area contributed by atoms with Gasteiger partial charge in [-0.1, -0.05) is 19.8 Å². The van der Waals surface area contributed by atoms with Crippen LogP contribution in [0.2, 0.25) is 0 Å². The molecule has 1 fully saturated rings. The minimum atomic E-state index is -0.688. The van der Waals surface area contributed by atoms with Crippen LogP contribution in [0.25, 0.3) is 0 Å². The van der Waals surface area contributed by atoms with Gasteiger partial charge in [0.05, 0.1) is 17.8 Å². The van der Waals surface area contributed by atoms with Crippen molar-refractivity contribution in [2.24, 2.45) is 18.7 Å². The number of nitrogens with zero attached hydrogens (tertiary/aromatic N) is 2. The quantitative estimate of drug-likeness (QED) is 0.838. The molecule has 1 amide bonds. The molecule has 1 aromatic heterocycles. The minimum Gasteiger partial charge on any atom is -0.349 e. The molecule has 2 atom stereocenters. The van der Waals surface area contributed by atoms with Gasteiger partial charge < -0.3 is 11.1 Å². The molecule has 2 unspecified atom stereocenters. The number of aromatic nitrogens is 2. The van der Waals surface area contributed by atoms with E-state index in [1.165, 1.54) is 6.42 Å². The summed E-state index contributed by atoms with van der Waals surface area (Å²) in [6, 6.07) is 1.90. The molecule has 3 N–H and O–H groups in total. The molecule has 5 heteroatoms. The van der Waals surface area contributed by atoms with Crippen molar-refractivity contribution in [3.8, 4) is 0 Å². The smallest absolute Gasteiger partial charge is 0.240 e.